The number of carbonyl (C=O) groups is 2. The van der Waals surface area contributed by atoms with E-state index in [2.05, 4.69) is 10.6 Å². The molecule has 0 saturated carbocycles. The minimum atomic E-state index is -0.261. The largest absolute Gasteiger partial charge is 0.504 e. The Hall–Kier alpha value is -3.46. The summed E-state index contributed by atoms with van der Waals surface area (Å²) in [7, 11) is 1.50. The van der Waals surface area contributed by atoms with Gasteiger partial charge in [-0.15, -0.1) is 0 Å². The zero-order valence-corrected chi connectivity index (χ0v) is 17.4. The van der Waals surface area contributed by atoms with Crippen molar-refractivity contribution in [2.24, 2.45) is 0 Å². The zero-order chi connectivity index (χ0) is 22.1. The highest BCUT2D eigenvalue weighted by atomic mass is 16.5. The van der Waals surface area contributed by atoms with E-state index in [1.807, 2.05) is 11.0 Å². The molecule has 0 aliphatic carbocycles. The SMILES string of the molecule is COc1cccc(CN2CCNC(=O)COc3ccccc3OCC(=O)NCC2)c1O. The van der Waals surface area contributed by atoms with Gasteiger partial charge in [-0.1, -0.05) is 24.3 Å². The first kappa shape index (κ1) is 22.2. The van der Waals surface area contributed by atoms with Crippen LogP contribution in [0, 0.1) is 0 Å². The molecule has 1 aliphatic rings. The lowest BCUT2D eigenvalue weighted by molar-refractivity contribution is -0.124. The first-order valence-electron chi connectivity index (χ1n) is 10.0. The van der Waals surface area contributed by atoms with E-state index in [0.29, 0.717) is 55.5 Å². The first-order valence-corrected chi connectivity index (χ1v) is 10.0. The van der Waals surface area contributed by atoms with Crippen molar-refractivity contribution >= 4 is 11.8 Å². The van der Waals surface area contributed by atoms with Crippen LogP contribution in [-0.4, -0.2) is 68.3 Å². The normalized spacial score (nSPS) is 16.4. The predicted octanol–water partition coefficient (Wildman–Crippen LogP) is 0.907. The van der Waals surface area contributed by atoms with Gasteiger partial charge in [0.15, 0.2) is 36.2 Å². The van der Waals surface area contributed by atoms with Gasteiger partial charge in [-0.3, -0.25) is 14.5 Å². The molecule has 9 heteroatoms. The average Bonchev–Trinajstić information content (AvgIpc) is 2.78. The van der Waals surface area contributed by atoms with E-state index in [1.165, 1.54) is 7.11 Å². The molecular weight excluding hydrogens is 402 g/mol. The Kier molecular flexibility index (Phi) is 7.94. The molecule has 9 nitrogen and oxygen atoms in total. The van der Waals surface area contributed by atoms with Crippen LogP contribution in [0.25, 0.3) is 0 Å². The molecule has 3 rings (SSSR count). The predicted molar refractivity (Wildman–Crippen MR) is 113 cm³/mol. The summed E-state index contributed by atoms with van der Waals surface area (Å²) in [5, 5.41) is 16.0. The second kappa shape index (κ2) is 11.1. The lowest BCUT2D eigenvalue weighted by Crippen LogP contribution is -2.40. The number of aromatic hydroxyl groups is 1. The lowest BCUT2D eigenvalue weighted by Gasteiger charge is -2.23. The van der Waals surface area contributed by atoms with E-state index in [1.54, 1.807) is 36.4 Å². The van der Waals surface area contributed by atoms with Crippen LogP contribution in [0.1, 0.15) is 5.56 Å². The average molecular weight is 429 g/mol. The summed E-state index contributed by atoms with van der Waals surface area (Å²) in [6, 6.07) is 12.2. The highest BCUT2D eigenvalue weighted by Crippen LogP contribution is 2.30. The van der Waals surface area contributed by atoms with Gasteiger partial charge < -0.3 is 30.0 Å². The Morgan fingerprint density at radius 1 is 0.935 bits per heavy atom. The summed E-state index contributed by atoms with van der Waals surface area (Å²) in [6.45, 7) is 1.91. The maximum atomic E-state index is 12.2. The van der Waals surface area contributed by atoms with Crippen LogP contribution >= 0.6 is 0 Å². The van der Waals surface area contributed by atoms with Gasteiger partial charge in [-0.2, -0.15) is 0 Å². The van der Waals surface area contributed by atoms with E-state index in [9.17, 15) is 14.7 Å². The molecule has 3 N–H and O–H groups in total. The minimum Gasteiger partial charge on any atom is -0.504 e. The van der Waals surface area contributed by atoms with Crippen LogP contribution in [0.15, 0.2) is 42.5 Å². The highest BCUT2D eigenvalue weighted by Gasteiger charge is 2.15. The fourth-order valence-corrected chi connectivity index (χ4v) is 3.16. The smallest absolute Gasteiger partial charge is 0.257 e. The Morgan fingerprint density at radius 3 is 2.06 bits per heavy atom. The van der Waals surface area contributed by atoms with Crippen LogP contribution < -0.4 is 24.8 Å². The van der Waals surface area contributed by atoms with Crippen LogP contribution in [0.2, 0.25) is 0 Å². The number of rotatable bonds is 3. The molecule has 2 aromatic rings. The minimum absolute atomic E-state index is 0.0773. The lowest BCUT2D eigenvalue weighted by atomic mass is 10.1. The molecule has 31 heavy (non-hydrogen) atoms. The number of methoxy groups -OCH3 is 1. The van der Waals surface area contributed by atoms with Gasteiger partial charge in [-0.05, 0) is 18.2 Å². The van der Waals surface area contributed by atoms with E-state index in [0.717, 1.165) is 0 Å². The Labute approximate surface area is 180 Å². The number of para-hydroxylation sites is 3. The van der Waals surface area contributed by atoms with E-state index in [-0.39, 0.29) is 30.8 Å². The summed E-state index contributed by atoms with van der Waals surface area (Å²) < 4.78 is 16.3. The molecule has 0 atom stereocenters. The number of hydrogen-bond donors (Lipinski definition) is 3. The quantitative estimate of drug-likeness (QED) is 0.665. The second-order valence-corrected chi connectivity index (χ2v) is 6.97. The molecule has 1 aliphatic heterocycles. The number of fused-ring (bicyclic) bond motifs is 1. The van der Waals surface area contributed by atoms with E-state index < -0.39 is 0 Å². The Bertz CT molecular complexity index is 860. The molecule has 0 unspecified atom stereocenters. The summed E-state index contributed by atoms with van der Waals surface area (Å²) in [6.07, 6.45) is 0. The topological polar surface area (TPSA) is 109 Å². The van der Waals surface area contributed by atoms with E-state index >= 15 is 0 Å². The Balaban J connectivity index is 1.68. The van der Waals surface area contributed by atoms with Gasteiger partial charge in [0, 0.05) is 38.3 Å². The number of nitrogens with one attached hydrogen (secondary N) is 2. The van der Waals surface area contributed by atoms with Gasteiger partial charge in [0.25, 0.3) is 11.8 Å². The highest BCUT2D eigenvalue weighted by molar-refractivity contribution is 5.78. The number of ether oxygens (including phenoxy) is 3. The number of carbonyl (C=O) groups excluding carboxylic acids is 2. The van der Waals surface area contributed by atoms with Gasteiger partial charge in [0.05, 0.1) is 7.11 Å². The van der Waals surface area contributed by atoms with Crippen molar-refractivity contribution in [2.45, 2.75) is 6.54 Å². The van der Waals surface area contributed by atoms with Crippen molar-refractivity contribution in [1.29, 1.82) is 0 Å². The fourth-order valence-electron chi connectivity index (χ4n) is 3.16. The molecule has 0 spiro atoms. The molecule has 2 aromatic carbocycles. The Morgan fingerprint density at radius 2 is 1.52 bits per heavy atom. The molecule has 0 bridgehead atoms. The molecular formula is C22H27N3O6. The third-order valence-corrected chi connectivity index (χ3v) is 4.76. The fraction of sp³-hybridized carbons (Fsp3) is 0.364. The summed E-state index contributed by atoms with van der Waals surface area (Å²) in [5.41, 5.74) is 0.692. The maximum Gasteiger partial charge on any atom is 0.257 e. The van der Waals surface area contributed by atoms with Crippen molar-refractivity contribution in [1.82, 2.24) is 15.5 Å². The molecule has 166 valence electrons. The van der Waals surface area contributed by atoms with Gasteiger partial charge in [0.2, 0.25) is 0 Å². The zero-order valence-electron chi connectivity index (χ0n) is 17.4. The standard InChI is InChI=1S/C22H27N3O6/c1-29-19-8-4-5-16(22(19)28)13-25-11-9-23-20(26)14-30-17-6-2-3-7-18(17)31-15-21(27)24-10-12-25/h2-8,28H,9-15H2,1H3,(H,23,26)(H,24,27). The number of benzene rings is 2. The molecule has 0 radical (unpaired) electrons. The third kappa shape index (κ3) is 6.51. The summed E-state index contributed by atoms with van der Waals surface area (Å²) >= 11 is 0. The number of amides is 2. The van der Waals surface area contributed by atoms with Crippen molar-refractivity contribution in [3.63, 3.8) is 0 Å². The maximum absolute atomic E-state index is 12.2. The van der Waals surface area contributed by atoms with Crippen molar-refractivity contribution in [2.75, 3.05) is 46.5 Å². The third-order valence-electron chi connectivity index (χ3n) is 4.76. The van der Waals surface area contributed by atoms with Crippen molar-refractivity contribution in [3.8, 4) is 23.0 Å². The van der Waals surface area contributed by atoms with Gasteiger partial charge >= 0.3 is 0 Å². The first-order chi connectivity index (χ1) is 15.1. The number of phenolic OH excluding ortho intramolecular Hbond substituents is 1. The van der Waals surface area contributed by atoms with Crippen LogP contribution in [0.4, 0.5) is 0 Å². The second-order valence-electron chi connectivity index (χ2n) is 6.97. The van der Waals surface area contributed by atoms with Gasteiger partial charge in [-0.25, -0.2) is 0 Å². The van der Waals surface area contributed by atoms with E-state index in [4.69, 9.17) is 14.2 Å². The number of hydrogen-bond acceptors (Lipinski definition) is 7. The van der Waals surface area contributed by atoms with Crippen LogP contribution in [0.5, 0.6) is 23.0 Å². The summed E-state index contributed by atoms with van der Waals surface area (Å²) in [5.74, 6) is 0.747. The molecule has 0 fully saturated rings. The molecule has 1 heterocycles. The molecule has 2 amide bonds. The monoisotopic (exact) mass is 429 g/mol. The number of nitrogens with zero attached hydrogens (tertiary/aromatic N) is 1. The summed E-state index contributed by atoms with van der Waals surface area (Å²) in [4.78, 5) is 26.4. The van der Waals surface area contributed by atoms with Crippen molar-refractivity contribution in [3.05, 3.63) is 48.0 Å². The van der Waals surface area contributed by atoms with Crippen LogP contribution in [-0.2, 0) is 16.1 Å². The molecule has 0 saturated heterocycles. The number of phenols is 1. The van der Waals surface area contributed by atoms with Gasteiger partial charge in [0.1, 0.15) is 0 Å². The van der Waals surface area contributed by atoms with Crippen LogP contribution in [0.3, 0.4) is 0 Å². The van der Waals surface area contributed by atoms with Crippen molar-refractivity contribution < 1.29 is 28.9 Å². The molecule has 0 aromatic heterocycles.